The summed E-state index contributed by atoms with van der Waals surface area (Å²) in [5.74, 6) is 1.46. The van der Waals surface area contributed by atoms with Crippen LogP contribution in [-0.2, 0) is 4.74 Å². The molecular weight excluding hydrogens is 273 g/mol. The minimum Gasteiger partial charge on any atom is -0.380 e. The zero-order valence-corrected chi connectivity index (χ0v) is 11.9. The van der Waals surface area contributed by atoms with Gasteiger partial charge in [0, 0.05) is 26.2 Å². The zero-order chi connectivity index (χ0) is 13.0. The summed E-state index contributed by atoms with van der Waals surface area (Å²) in [6.07, 6.45) is 0.983. The van der Waals surface area contributed by atoms with Crippen LogP contribution in [0.5, 0.6) is 0 Å². The molecule has 100 valence electrons. The molecule has 0 bridgehead atoms. The predicted molar refractivity (Wildman–Crippen MR) is 76.1 cm³/mol. The van der Waals surface area contributed by atoms with Gasteiger partial charge in [0.05, 0.1) is 16.7 Å². The number of nitrogens with zero attached hydrogens (tertiary/aromatic N) is 2. The van der Waals surface area contributed by atoms with Crippen LogP contribution in [0.15, 0.2) is 6.07 Å². The maximum Gasteiger partial charge on any atom is 0.150 e. The van der Waals surface area contributed by atoms with Gasteiger partial charge in [-0.1, -0.05) is 23.2 Å². The second-order valence-electron chi connectivity index (χ2n) is 4.11. The summed E-state index contributed by atoms with van der Waals surface area (Å²) in [5, 5.41) is 4.28. The Bertz CT molecular complexity index is 407. The van der Waals surface area contributed by atoms with Crippen LogP contribution in [0.25, 0.3) is 0 Å². The largest absolute Gasteiger partial charge is 0.380 e. The molecule has 0 atom stereocenters. The molecule has 1 aromatic rings. The lowest BCUT2D eigenvalue weighted by atomic mass is 10.3. The van der Waals surface area contributed by atoms with Gasteiger partial charge < -0.3 is 15.0 Å². The minimum absolute atomic E-state index is 0.552. The van der Waals surface area contributed by atoms with E-state index in [0.717, 1.165) is 38.5 Å². The van der Waals surface area contributed by atoms with Crippen molar-refractivity contribution < 1.29 is 4.74 Å². The third-order valence-corrected chi connectivity index (χ3v) is 3.34. The SMILES string of the molecule is CCNc1nc(N2CCCOCC2)c(Cl)cc1Cl. The fourth-order valence-corrected chi connectivity index (χ4v) is 2.47. The average molecular weight is 290 g/mol. The van der Waals surface area contributed by atoms with Gasteiger partial charge in [-0.25, -0.2) is 4.98 Å². The highest BCUT2D eigenvalue weighted by Gasteiger charge is 2.17. The Kier molecular flexibility index (Phi) is 4.92. The van der Waals surface area contributed by atoms with Crippen molar-refractivity contribution in [3.05, 3.63) is 16.1 Å². The number of rotatable bonds is 3. The van der Waals surface area contributed by atoms with Crippen molar-refractivity contribution in [2.75, 3.05) is 43.1 Å². The third-order valence-electron chi connectivity index (χ3n) is 2.78. The van der Waals surface area contributed by atoms with E-state index in [4.69, 9.17) is 27.9 Å². The van der Waals surface area contributed by atoms with Gasteiger partial charge in [-0.05, 0) is 19.4 Å². The Hall–Kier alpha value is -0.710. The lowest BCUT2D eigenvalue weighted by molar-refractivity contribution is 0.152. The third kappa shape index (κ3) is 3.19. The van der Waals surface area contributed by atoms with Gasteiger partial charge in [0.1, 0.15) is 11.6 Å². The van der Waals surface area contributed by atoms with Gasteiger partial charge in [-0.2, -0.15) is 0 Å². The molecule has 1 saturated heterocycles. The van der Waals surface area contributed by atoms with E-state index in [0.29, 0.717) is 22.5 Å². The molecule has 0 spiro atoms. The molecule has 2 rings (SSSR count). The fraction of sp³-hybridized carbons (Fsp3) is 0.583. The van der Waals surface area contributed by atoms with Crippen LogP contribution in [0, 0.1) is 0 Å². The molecule has 2 heterocycles. The lowest BCUT2D eigenvalue weighted by Gasteiger charge is -2.23. The smallest absolute Gasteiger partial charge is 0.150 e. The Morgan fingerprint density at radius 2 is 2.17 bits per heavy atom. The van der Waals surface area contributed by atoms with Crippen molar-refractivity contribution in [2.45, 2.75) is 13.3 Å². The first-order valence-electron chi connectivity index (χ1n) is 6.15. The maximum absolute atomic E-state index is 6.23. The quantitative estimate of drug-likeness (QED) is 0.928. The molecule has 0 aliphatic carbocycles. The number of hydrogen-bond acceptors (Lipinski definition) is 4. The lowest BCUT2D eigenvalue weighted by Crippen LogP contribution is -2.27. The van der Waals surface area contributed by atoms with Gasteiger partial charge in [-0.3, -0.25) is 0 Å². The molecule has 18 heavy (non-hydrogen) atoms. The van der Waals surface area contributed by atoms with Crippen LogP contribution in [0.4, 0.5) is 11.6 Å². The number of ether oxygens (including phenoxy) is 1. The molecule has 1 N–H and O–H groups in total. The second-order valence-corrected chi connectivity index (χ2v) is 4.92. The van der Waals surface area contributed by atoms with E-state index in [1.165, 1.54) is 0 Å². The summed E-state index contributed by atoms with van der Waals surface area (Å²) >= 11 is 12.3. The van der Waals surface area contributed by atoms with Gasteiger partial charge in [0.25, 0.3) is 0 Å². The second kappa shape index (κ2) is 6.45. The normalized spacial score (nSPS) is 16.5. The summed E-state index contributed by atoms with van der Waals surface area (Å²) < 4.78 is 5.43. The van der Waals surface area contributed by atoms with Crippen molar-refractivity contribution in [3.8, 4) is 0 Å². The average Bonchev–Trinajstić information content (AvgIpc) is 2.61. The number of anilines is 2. The first-order valence-corrected chi connectivity index (χ1v) is 6.90. The van der Waals surface area contributed by atoms with E-state index in [-0.39, 0.29) is 0 Å². The van der Waals surface area contributed by atoms with Crippen LogP contribution in [0.1, 0.15) is 13.3 Å². The number of halogens is 2. The van der Waals surface area contributed by atoms with Crippen molar-refractivity contribution in [3.63, 3.8) is 0 Å². The van der Waals surface area contributed by atoms with Crippen molar-refractivity contribution >= 4 is 34.8 Å². The fourth-order valence-electron chi connectivity index (χ4n) is 1.93. The van der Waals surface area contributed by atoms with Gasteiger partial charge in [0.2, 0.25) is 0 Å². The molecule has 6 heteroatoms. The monoisotopic (exact) mass is 289 g/mol. The summed E-state index contributed by atoms with van der Waals surface area (Å²) in [7, 11) is 0. The van der Waals surface area contributed by atoms with E-state index in [9.17, 15) is 0 Å². The molecule has 0 unspecified atom stereocenters. The first kappa shape index (κ1) is 13.7. The molecule has 4 nitrogen and oxygen atoms in total. The number of aromatic nitrogens is 1. The molecule has 0 saturated carbocycles. The zero-order valence-electron chi connectivity index (χ0n) is 10.4. The van der Waals surface area contributed by atoms with E-state index in [1.54, 1.807) is 6.07 Å². The molecule has 0 radical (unpaired) electrons. The van der Waals surface area contributed by atoms with Gasteiger partial charge >= 0.3 is 0 Å². The number of pyridine rings is 1. The first-order chi connectivity index (χ1) is 8.72. The summed E-state index contributed by atoms with van der Waals surface area (Å²) in [4.78, 5) is 6.67. The standard InChI is InChI=1S/C12H17Cl2N3O/c1-2-15-11-9(13)8-10(14)12(16-11)17-4-3-6-18-7-5-17/h8H,2-7H2,1H3,(H,15,16). The molecular formula is C12H17Cl2N3O. The minimum atomic E-state index is 0.552. The Balaban J connectivity index is 2.27. The molecule has 1 aliphatic heterocycles. The van der Waals surface area contributed by atoms with Crippen LogP contribution >= 0.6 is 23.2 Å². The summed E-state index contributed by atoms with van der Waals surface area (Å²) in [6, 6.07) is 1.75. The number of nitrogens with one attached hydrogen (secondary N) is 1. The van der Waals surface area contributed by atoms with E-state index < -0.39 is 0 Å². The predicted octanol–water partition coefficient (Wildman–Crippen LogP) is 3.05. The highest BCUT2D eigenvalue weighted by atomic mass is 35.5. The Morgan fingerprint density at radius 3 is 2.94 bits per heavy atom. The van der Waals surface area contributed by atoms with Crippen LogP contribution in [0.2, 0.25) is 10.0 Å². The van der Waals surface area contributed by atoms with Crippen molar-refractivity contribution in [2.24, 2.45) is 0 Å². The molecule has 0 amide bonds. The van der Waals surface area contributed by atoms with E-state index >= 15 is 0 Å². The van der Waals surface area contributed by atoms with Gasteiger partial charge in [0.15, 0.2) is 0 Å². The molecule has 1 aromatic heterocycles. The molecule has 1 fully saturated rings. The maximum atomic E-state index is 6.23. The van der Waals surface area contributed by atoms with E-state index in [1.807, 2.05) is 6.92 Å². The topological polar surface area (TPSA) is 37.4 Å². The van der Waals surface area contributed by atoms with Crippen molar-refractivity contribution in [1.82, 2.24) is 4.98 Å². The summed E-state index contributed by atoms with van der Waals surface area (Å²) in [5.41, 5.74) is 0. The van der Waals surface area contributed by atoms with Crippen LogP contribution in [0.3, 0.4) is 0 Å². The highest BCUT2D eigenvalue weighted by Crippen LogP contribution is 2.31. The van der Waals surface area contributed by atoms with Crippen molar-refractivity contribution in [1.29, 1.82) is 0 Å². The Morgan fingerprint density at radius 1 is 1.33 bits per heavy atom. The number of hydrogen-bond donors (Lipinski definition) is 1. The van der Waals surface area contributed by atoms with Crippen LogP contribution in [-0.4, -0.2) is 37.8 Å². The Labute approximate surface area is 117 Å². The highest BCUT2D eigenvalue weighted by molar-refractivity contribution is 6.37. The summed E-state index contributed by atoms with van der Waals surface area (Å²) in [6.45, 7) is 5.99. The van der Waals surface area contributed by atoms with Crippen LogP contribution < -0.4 is 10.2 Å². The van der Waals surface area contributed by atoms with Gasteiger partial charge in [-0.15, -0.1) is 0 Å². The van der Waals surface area contributed by atoms with E-state index in [2.05, 4.69) is 15.2 Å². The molecule has 0 aromatic carbocycles. The molecule has 1 aliphatic rings.